The van der Waals surface area contributed by atoms with Crippen molar-refractivity contribution >= 4 is 20.8 Å². The zero-order valence-electron chi connectivity index (χ0n) is 16.9. The highest BCUT2D eigenvalue weighted by molar-refractivity contribution is 6.60. The van der Waals surface area contributed by atoms with Crippen LogP contribution in [0.5, 0.6) is 0 Å². The zero-order valence-corrected chi connectivity index (χ0v) is 17.9. The number of carbonyl (C=O) groups excluding carboxylic acids is 2. The van der Waals surface area contributed by atoms with Crippen LogP contribution in [0.1, 0.15) is 47.5 Å². The lowest BCUT2D eigenvalue weighted by molar-refractivity contribution is -0.147. The van der Waals surface area contributed by atoms with E-state index >= 15 is 0 Å². The molecule has 0 aromatic heterocycles. The van der Waals surface area contributed by atoms with E-state index in [1.807, 2.05) is 34.6 Å². The van der Waals surface area contributed by atoms with Crippen LogP contribution in [-0.2, 0) is 22.8 Å². The summed E-state index contributed by atoms with van der Waals surface area (Å²) in [6, 6.07) is 0.357. The van der Waals surface area contributed by atoms with Gasteiger partial charge < -0.3 is 28.6 Å². The summed E-state index contributed by atoms with van der Waals surface area (Å²) in [6.07, 6.45) is 1.44. The Hall–Kier alpha value is -1.16. The number of hydrogen-bond donors (Lipinski definition) is 2. The van der Waals surface area contributed by atoms with E-state index in [0.717, 1.165) is 6.42 Å². The highest BCUT2D eigenvalue weighted by Gasteiger charge is 2.39. The van der Waals surface area contributed by atoms with Gasteiger partial charge in [0.05, 0.1) is 12.5 Å². The smallest absolute Gasteiger partial charge is 0.464 e. The second kappa shape index (κ2) is 14.9. The minimum Gasteiger partial charge on any atom is -0.464 e. The standard InChI is InChI=1S/C17H36N2O6Si/c1-6-15(5)16(20)22-13-12-19-17(21)18-11-10-14-26(23-7-2,24-8-3)25-9-4/h15H,6-14H2,1-5H3,(H2,18,19,21). The summed E-state index contributed by atoms with van der Waals surface area (Å²) in [5.41, 5.74) is 0. The molecule has 9 heteroatoms. The van der Waals surface area contributed by atoms with Crippen molar-refractivity contribution in [1.29, 1.82) is 0 Å². The third kappa shape index (κ3) is 10.7. The molecule has 1 unspecified atom stereocenters. The van der Waals surface area contributed by atoms with E-state index in [1.54, 1.807) is 0 Å². The Kier molecular flexibility index (Phi) is 14.3. The largest absolute Gasteiger partial charge is 0.500 e. The molecular weight excluding hydrogens is 356 g/mol. The normalized spacial score (nSPS) is 12.5. The summed E-state index contributed by atoms with van der Waals surface area (Å²) in [4.78, 5) is 23.2. The molecule has 8 nitrogen and oxygen atoms in total. The molecule has 2 amide bonds. The molecule has 0 saturated carbocycles. The number of nitrogens with one attached hydrogen (secondary N) is 2. The Morgan fingerprint density at radius 2 is 1.46 bits per heavy atom. The molecule has 0 spiro atoms. The lowest BCUT2D eigenvalue weighted by atomic mass is 10.1. The topological polar surface area (TPSA) is 95.1 Å². The zero-order chi connectivity index (χ0) is 19.8. The predicted octanol–water partition coefficient (Wildman–Crippen LogP) is 2.31. The van der Waals surface area contributed by atoms with Gasteiger partial charge in [0.15, 0.2) is 0 Å². The molecule has 0 aromatic rings. The first kappa shape index (κ1) is 24.8. The SMILES string of the molecule is CCO[Si](CCCNC(=O)NCCOC(=O)C(C)CC)(OCC)OCC. The molecular formula is C17H36N2O6Si. The van der Waals surface area contributed by atoms with Crippen LogP contribution in [0.4, 0.5) is 4.79 Å². The highest BCUT2D eigenvalue weighted by Crippen LogP contribution is 2.17. The first-order valence-corrected chi connectivity index (χ1v) is 11.5. The average molecular weight is 393 g/mol. The van der Waals surface area contributed by atoms with Crippen LogP contribution in [0.25, 0.3) is 0 Å². The maximum atomic E-state index is 11.7. The van der Waals surface area contributed by atoms with Crippen molar-refractivity contribution in [2.75, 3.05) is 39.5 Å². The molecule has 2 N–H and O–H groups in total. The van der Waals surface area contributed by atoms with Crippen molar-refractivity contribution in [2.45, 2.75) is 53.5 Å². The van der Waals surface area contributed by atoms with Crippen molar-refractivity contribution < 1.29 is 27.6 Å². The van der Waals surface area contributed by atoms with Gasteiger partial charge in [-0.3, -0.25) is 4.79 Å². The maximum Gasteiger partial charge on any atom is 0.500 e. The molecule has 0 aliphatic rings. The first-order chi connectivity index (χ1) is 12.4. The minimum atomic E-state index is -2.66. The van der Waals surface area contributed by atoms with Crippen LogP contribution >= 0.6 is 0 Å². The summed E-state index contributed by atoms with van der Waals surface area (Å²) in [5.74, 6) is -0.354. The molecule has 0 saturated heterocycles. The molecule has 0 heterocycles. The Morgan fingerprint density at radius 1 is 0.923 bits per heavy atom. The quantitative estimate of drug-likeness (QED) is 0.252. The van der Waals surface area contributed by atoms with Gasteiger partial charge in [-0.25, -0.2) is 4.79 Å². The van der Waals surface area contributed by atoms with Crippen molar-refractivity contribution in [2.24, 2.45) is 5.92 Å². The third-order valence-electron chi connectivity index (χ3n) is 3.68. The van der Waals surface area contributed by atoms with Crippen molar-refractivity contribution in [1.82, 2.24) is 10.6 Å². The van der Waals surface area contributed by atoms with Gasteiger partial charge in [-0.2, -0.15) is 0 Å². The van der Waals surface area contributed by atoms with E-state index in [4.69, 9.17) is 18.0 Å². The van der Waals surface area contributed by atoms with Crippen molar-refractivity contribution in [3.05, 3.63) is 0 Å². The first-order valence-electron chi connectivity index (χ1n) is 9.54. The summed E-state index contributed by atoms with van der Waals surface area (Å²) in [7, 11) is -2.66. The number of ether oxygens (including phenoxy) is 1. The van der Waals surface area contributed by atoms with E-state index in [1.165, 1.54) is 0 Å². The van der Waals surface area contributed by atoms with Gasteiger partial charge in [0.1, 0.15) is 6.61 Å². The van der Waals surface area contributed by atoms with Crippen LogP contribution in [0.3, 0.4) is 0 Å². The van der Waals surface area contributed by atoms with Gasteiger partial charge >= 0.3 is 20.8 Å². The molecule has 0 aliphatic carbocycles. The van der Waals surface area contributed by atoms with Crippen LogP contribution < -0.4 is 10.6 Å². The molecule has 154 valence electrons. The van der Waals surface area contributed by atoms with Crippen LogP contribution in [0.15, 0.2) is 0 Å². The molecule has 0 radical (unpaired) electrons. The second-order valence-electron chi connectivity index (χ2n) is 5.75. The average Bonchev–Trinajstić information content (AvgIpc) is 2.62. The molecule has 1 atom stereocenters. The van der Waals surface area contributed by atoms with E-state index < -0.39 is 8.80 Å². The van der Waals surface area contributed by atoms with Gasteiger partial charge in [0, 0.05) is 32.4 Å². The number of carbonyl (C=O) groups is 2. The van der Waals surface area contributed by atoms with E-state index in [2.05, 4.69) is 10.6 Å². The summed E-state index contributed by atoms with van der Waals surface area (Å²) >= 11 is 0. The lowest BCUT2D eigenvalue weighted by Gasteiger charge is -2.28. The molecule has 0 aromatic carbocycles. The lowest BCUT2D eigenvalue weighted by Crippen LogP contribution is -2.46. The summed E-state index contributed by atoms with van der Waals surface area (Å²) in [5, 5.41) is 5.43. The minimum absolute atomic E-state index is 0.116. The number of amides is 2. The Morgan fingerprint density at radius 3 is 1.96 bits per heavy atom. The van der Waals surface area contributed by atoms with Crippen LogP contribution in [0.2, 0.25) is 6.04 Å². The predicted molar refractivity (Wildman–Crippen MR) is 102 cm³/mol. The molecule has 0 aliphatic heterocycles. The Bertz CT molecular complexity index is 380. The van der Waals surface area contributed by atoms with Crippen LogP contribution in [0, 0.1) is 5.92 Å². The molecule has 0 rings (SSSR count). The van der Waals surface area contributed by atoms with E-state index in [9.17, 15) is 9.59 Å². The second-order valence-corrected chi connectivity index (χ2v) is 8.48. The molecule has 0 bridgehead atoms. The van der Waals surface area contributed by atoms with Gasteiger partial charge in [-0.15, -0.1) is 0 Å². The fraction of sp³-hybridized carbons (Fsp3) is 0.882. The fourth-order valence-corrected chi connectivity index (χ4v) is 4.81. The number of rotatable bonds is 15. The van der Waals surface area contributed by atoms with Crippen molar-refractivity contribution in [3.8, 4) is 0 Å². The van der Waals surface area contributed by atoms with Gasteiger partial charge in [0.25, 0.3) is 0 Å². The van der Waals surface area contributed by atoms with Crippen LogP contribution in [-0.4, -0.2) is 60.3 Å². The number of hydrogen-bond acceptors (Lipinski definition) is 6. The van der Waals surface area contributed by atoms with Gasteiger partial charge in [-0.05, 0) is 33.6 Å². The summed E-state index contributed by atoms with van der Waals surface area (Å²) < 4.78 is 22.4. The third-order valence-corrected chi connectivity index (χ3v) is 6.84. The highest BCUT2D eigenvalue weighted by atomic mass is 28.4. The van der Waals surface area contributed by atoms with E-state index in [0.29, 0.717) is 38.8 Å². The van der Waals surface area contributed by atoms with Gasteiger partial charge in [-0.1, -0.05) is 13.8 Å². The Balaban J connectivity index is 3.99. The number of urea groups is 1. The molecule has 26 heavy (non-hydrogen) atoms. The fourth-order valence-electron chi connectivity index (χ4n) is 2.20. The molecule has 0 fully saturated rings. The summed E-state index contributed by atoms with van der Waals surface area (Å²) in [6.45, 7) is 12.0. The number of esters is 1. The Labute approximate surface area is 158 Å². The maximum absolute atomic E-state index is 11.7. The van der Waals surface area contributed by atoms with Gasteiger partial charge in [0.2, 0.25) is 0 Å². The van der Waals surface area contributed by atoms with E-state index in [-0.39, 0.29) is 31.1 Å². The van der Waals surface area contributed by atoms with Crippen molar-refractivity contribution in [3.63, 3.8) is 0 Å². The monoisotopic (exact) mass is 392 g/mol.